The van der Waals surface area contributed by atoms with Crippen LogP contribution in [0.1, 0.15) is 12.0 Å². The van der Waals surface area contributed by atoms with E-state index in [-0.39, 0.29) is 17.2 Å². The first-order chi connectivity index (χ1) is 18.8. The second-order valence-electron chi connectivity index (χ2n) is 9.52. The van der Waals surface area contributed by atoms with Gasteiger partial charge in [0.2, 0.25) is 27.7 Å². The minimum absolute atomic E-state index is 0.0147. The summed E-state index contributed by atoms with van der Waals surface area (Å²) in [5.41, 5.74) is 1.02. The molecule has 39 heavy (non-hydrogen) atoms. The van der Waals surface area contributed by atoms with Crippen LogP contribution in [0, 0.1) is 11.6 Å². The van der Waals surface area contributed by atoms with Crippen LogP contribution in [0.2, 0.25) is 0 Å². The van der Waals surface area contributed by atoms with E-state index in [4.69, 9.17) is 4.74 Å². The quantitative estimate of drug-likeness (QED) is 0.316. The lowest BCUT2D eigenvalue weighted by atomic mass is 10.1. The maximum Gasteiger partial charge on any atom is 0.237 e. The maximum atomic E-state index is 15.0. The zero-order valence-corrected chi connectivity index (χ0v) is 21.5. The van der Waals surface area contributed by atoms with E-state index in [1.807, 2.05) is 0 Å². The molecule has 6 rings (SSSR count). The van der Waals surface area contributed by atoms with Crippen molar-refractivity contribution in [3.8, 4) is 22.9 Å². The van der Waals surface area contributed by atoms with Gasteiger partial charge in [0.25, 0.3) is 0 Å². The van der Waals surface area contributed by atoms with Gasteiger partial charge < -0.3 is 15.0 Å². The van der Waals surface area contributed by atoms with Crippen LogP contribution >= 0.6 is 0 Å². The maximum absolute atomic E-state index is 15.0. The van der Waals surface area contributed by atoms with Gasteiger partial charge in [0.1, 0.15) is 0 Å². The highest BCUT2D eigenvalue weighted by Gasteiger charge is 2.55. The molecule has 200 valence electrons. The molecule has 0 radical (unpaired) electrons. The van der Waals surface area contributed by atoms with E-state index in [9.17, 15) is 12.8 Å². The summed E-state index contributed by atoms with van der Waals surface area (Å²) in [6.07, 6.45) is 4.12. The number of nitrogens with zero attached hydrogens (tertiary/aromatic N) is 4. The van der Waals surface area contributed by atoms with Crippen LogP contribution in [0.4, 0.5) is 20.4 Å². The summed E-state index contributed by atoms with van der Waals surface area (Å²) in [7, 11) is -3.99. The Morgan fingerprint density at radius 3 is 2.64 bits per heavy atom. The number of hydrogen-bond acceptors (Lipinski definition) is 8. The Labute approximate surface area is 224 Å². The van der Waals surface area contributed by atoms with Gasteiger partial charge in [-0.25, -0.2) is 27.8 Å². The first-order valence-electron chi connectivity index (χ1n) is 12.3. The van der Waals surface area contributed by atoms with Gasteiger partial charge in [0.05, 0.1) is 28.2 Å². The molecule has 0 bridgehead atoms. The fourth-order valence-electron chi connectivity index (χ4n) is 4.72. The smallest absolute Gasteiger partial charge is 0.237 e. The Hall–Kier alpha value is -4.16. The van der Waals surface area contributed by atoms with Crippen LogP contribution in [0.25, 0.3) is 11.3 Å². The normalized spacial score (nSPS) is 18.4. The summed E-state index contributed by atoms with van der Waals surface area (Å²) in [5.74, 6) is -2.98. The Bertz CT molecular complexity index is 1630. The fourth-order valence-corrected chi connectivity index (χ4v) is 5.92. The Morgan fingerprint density at radius 2 is 1.85 bits per heavy atom. The van der Waals surface area contributed by atoms with Gasteiger partial charge in [-0.2, -0.15) is 4.39 Å². The highest BCUT2D eigenvalue weighted by molar-refractivity contribution is 7.91. The van der Waals surface area contributed by atoms with Crippen LogP contribution in [0.3, 0.4) is 0 Å². The number of pyridine rings is 1. The summed E-state index contributed by atoms with van der Waals surface area (Å²) in [5, 5.41) is 3.36. The second kappa shape index (κ2) is 9.86. The molecule has 2 saturated heterocycles. The predicted octanol–water partition coefficient (Wildman–Crippen LogP) is 4.10. The van der Waals surface area contributed by atoms with Gasteiger partial charge in [-0.3, -0.25) is 4.72 Å². The lowest BCUT2D eigenvalue weighted by Gasteiger charge is -2.14. The minimum atomic E-state index is -3.99. The average molecular weight is 551 g/mol. The number of sulfonamides is 1. The number of ether oxygens (including phenoxy) is 1. The first-order valence-corrected chi connectivity index (χ1v) is 14.0. The van der Waals surface area contributed by atoms with Crippen molar-refractivity contribution >= 4 is 21.7 Å². The Balaban J connectivity index is 1.23. The van der Waals surface area contributed by atoms with Crippen LogP contribution < -0.4 is 19.7 Å². The molecule has 2 aliphatic rings. The highest BCUT2D eigenvalue weighted by atomic mass is 32.2. The van der Waals surface area contributed by atoms with Crippen molar-refractivity contribution in [2.75, 3.05) is 29.3 Å². The zero-order chi connectivity index (χ0) is 27.0. The van der Waals surface area contributed by atoms with E-state index in [0.717, 1.165) is 38.2 Å². The summed E-state index contributed by atoms with van der Waals surface area (Å²) in [4.78, 5) is 15.4. The van der Waals surface area contributed by atoms with Crippen molar-refractivity contribution in [1.82, 2.24) is 20.3 Å². The molecular formula is C27H24F2N6O3S. The Kier molecular flexibility index (Phi) is 6.35. The molecule has 1 atom stereocenters. The standard InChI is InChI=1S/C27H24F2N6O3S/c28-23-21(34-39(36,37)15-18-5-2-1-3-6-18)8-9-22(24(23)29)38-25-19(7-4-12-31-25)20-10-13-32-26(33-20)35-17-27(35)11-14-30-16-27/h1-10,12-13,30,34H,11,14-17H2/t27-,35?/m1/s1. The third kappa shape index (κ3) is 5.12. The SMILES string of the molecule is O=S(=O)(Cc1ccccc1)Nc1ccc(Oc2ncccc2-c2ccnc(N3C[C@]34CCNC4)n2)c(F)c1F. The minimum Gasteiger partial charge on any atom is -0.435 e. The summed E-state index contributed by atoms with van der Waals surface area (Å²) in [6.45, 7) is 2.70. The number of hydrogen-bond donors (Lipinski definition) is 2. The highest BCUT2D eigenvalue weighted by Crippen LogP contribution is 2.41. The largest absolute Gasteiger partial charge is 0.435 e. The van der Waals surface area contributed by atoms with Gasteiger partial charge in [-0.05, 0) is 48.9 Å². The number of benzene rings is 2. The number of halogens is 2. The van der Waals surface area contributed by atoms with Gasteiger partial charge >= 0.3 is 0 Å². The topological polar surface area (TPSA) is 109 Å². The molecule has 2 N–H and O–H groups in total. The number of nitrogens with one attached hydrogen (secondary N) is 2. The molecule has 4 heterocycles. The van der Waals surface area contributed by atoms with E-state index in [1.54, 1.807) is 54.7 Å². The van der Waals surface area contributed by atoms with Gasteiger partial charge in [-0.15, -0.1) is 0 Å². The molecule has 2 aliphatic heterocycles. The summed E-state index contributed by atoms with van der Waals surface area (Å²) >= 11 is 0. The van der Waals surface area contributed by atoms with E-state index in [1.165, 1.54) is 6.20 Å². The lowest BCUT2D eigenvalue weighted by Crippen LogP contribution is -2.22. The van der Waals surface area contributed by atoms with Crippen molar-refractivity contribution in [2.45, 2.75) is 17.7 Å². The van der Waals surface area contributed by atoms with Crippen LogP contribution in [-0.2, 0) is 15.8 Å². The molecular weight excluding hydrogens is 526 g/mol. The summed E-state index contributed by atoms with van der Waals surface area (Å²) in [6, 6.07) is 15.7. The van der Waals surface area contributed by atoms with Gasteiger partial charge in [-0.1, -0.05) is 30.3 Å². The van der Waals surface area contributed by atoms with Crippen LogP contribution in [0.5, 0.6) is 11.6 Å². The third-order valence-corrected chi connectivity index (χ3v) is 8.04. The second-order valence-corrected chi connectivity index (χ2v) is 11.2. The number of rotatable bonds is 8. The molecule has 2 aromatic heterocycles. The van der Waals surface area contributed by atoms with E-state index in [0.29, 0.717) is 22.8 Å². The monoisotopic (exact) mass is 550 g/mol. The molecule has 2 aromatic carbocycles. The zero-order valence-electron chi connectivity index (χ0n) is 20.6. The average Bonchev–Trinajstić information content (AvgIpc) is 3.44. The third-order valence-electron chi connectivity index (χ3n) is 6.79. The van der Waals surface area contributed by atoms with Crippen LogP contribution in [-0.4, -0.2) is 48.5 Å². The van der Waals surface area contributed by atoms with Crippen molar-refractivity contribution in [2.24, 2.45) is 0 Å². The number of anilines is 2. The van der Waals surface area contributed by atoms with Crippen LogP contribution in [0.15, 0.2) is 73.1 Å². The van der Waals surface area contributed by atoms with E-state index in [2.05, 4.69) is 29.9 Å². The first kappa shape index (κ1) is 25.1. The van der Waals surface area contributed by atoms with Gasteiger partial charge in [0, 0.05) is 25.5 Å². The molecule has 12 heteroatoms. The molecule has 0 unspecified atom stereocenters. The van der Waals surface area contributed by atoms with E-state index >= 15 is 4.39 Å². The Morgan fingerprint density at radius 1 is 1.00 bits per heavy atom. The van der Waals surface area contributed by atoms with Crippen molar-refractivity contribution in [3.63, 3.8) is 0 Å². The number of aromatic nitrogens is 3. The molecule has 0 aliphatic carbocycles. The molecule has 0 saturated carbocycles. The van der Waals surface area contributed by atoms with E-state index < -0.39 is 33.1 Å². The fraction of sp³-hybridized carbons (Fsp3) is 0.222. The molecule has 9 nitrogen and oxygen atoms in total. The predicted molar refractivity (Wildman–Crippen MR) is 142 cm³/mol. The molecule has 0 amide bonds. The van der Waals surface area contributed by atoms with Crippen molar-refractivity contribution < 1.29 is 21.9 Å². The van der Waals surface area contributed by atoms with Crippen molar-refractivity contribution in [3.05, 3.63) is 90.3 Å². The molecule has 4 aromatic rings. The summed E-state index contributed by atoms with van der Waals surface area (Å²) < 4.78 is 62.8. The molecule has 2 fully saturated rings. The molecule has 1 spiro atoms. The lowest BCUT2D eigenvalue weighted by molar-refractivity contribution is 0.407. The van der Waals surface area contributed by atoms with Crippen molar-refractivity contribution in [1.29, 1.82) is 0 Å². The van der Waals surface area contributed by atoms with Gasteiger partial charge in [0.15, 0.2) is 11.6 Å².